The number of sulfonamides is 1. The van der Waals surface area contributed by atoms with Gasteiger partial charge in [0.05, 0.1) is 22.1 Å². The third kappa shape index (κ3) is 4.25. The zero-order valence-corrected chi connectivity index (χ0v) is 17.0. The smallest absolute Gasteiger partial charge is 0.244 e. The van der Waals surface area contributed by atoms with E-state index in [4.69, 9.17) is 11.6 Å². The number of rotatable bonds is 6. The van der Waals surface area contributed by atoms with Crippen LogP contribution >= 0.6 is 11.6 Å². The average molecular weight is 399 g/mol. The third-order valence-corrected chi connectivity index (χ3v) is 6.02. The molecule has 0 saturated heterocycles. The highest BCUT2D eigenvalue weighted by Crippen LogP contribution is 2.31. The minimum absolute atomic E-state index is 0.0512. The molecule has 9 heteroatoms. The van der Waals surface area contributed by atoms with Crippen molar-refractivity contribution in [3.8, 4) is 0 Å². The van der Waals surface area contributed by atoms with Crippen LogP contribution in [0.3, 0.4) is 0 Å². The first-order valence-corrected chi connectivity index (χ1v) is 9.96. The number of H-pyrrole nitrogens is 1. The van der Waals surface area contributed by atoms with Crippen molar-refractivity contribution >= 4 is 33.2 Å². The van der Waals surface area contributed by atoms with Crippen molar-refractivity contribution in [2.45, 2.75) is 39.5 Å². The average Bonchev–Trinajstić information content (AvgIpc) is 2.84. The van der Waals surface area contributed by atoms with Crippen LogP contribution in [0.4, 0.5) is 5.69 Å². The van der Waals surface area contributed by atoms with E-state index in [9.17, 15) is 13.2 Å². The Hall–Kier alpha value is -1.90. The third-order valence-electron chi connectivity index (χ3n) is 4.01. The summed E-state index contributed by atoms with van der Waals surface area (Å²) in [5, 5.41) is 7.02. The molecule has 26 heavy (non-hydrogen) atoms. The maximum absolute atomic E-state index is 12.5. The molecule has 0 aliphatic heterocycles. The molecule has 0 saturated carbocycles. The van der Waals surface area contributed by atoms with E-state index in [1.165, 1.54) is 11.8 Å². The summed E-state index contributed by atoms with van der Waals surface area (Å²) < 4.78 is 27.5. The van der Waals surface area contributed by atoms with E-state index in [2.05, 4.69) is 14.9 Å². The molecule has 2 N–H and O–H groups in total. The fraction of sp³-hybridized carbons (Fsp3) is 0.412. The lowest BCUT2D eigenvalue weighted by Crippen LogP contribution is -2.38. The summed E-state index contributed by atoms with van der Waals surface area (Å²) in [5.74, 6) is -0.214. The highest BCUT2D eigenvalue weighted by Gasteiger charge is 2.23. The Morgan fingerprint density at radius 3 is 2.42 bits per heavy atom. The Morgan fingerprint density at radius 2 is 1.92 bits per heavy atom. The molecule has 0 fully saturated rings. The Labute approximate surface area is 158 Å². The molecule has 1 aromatic carbocycles. The van der Waals surface area contributed by atoms with E-state index >= 15 is 0 Å². The molecule has 0 atom stereocenters. The lowest BCUT2D eigenvalue weighted by Gasteiger charge is -2.25. The number of aromatic amines is 1. The molecule has 0 aliphatic carbocycles. The Kier molecular flexibility index (Phi) is 6.10. The van der Waals surface area contributed by atoms with Gasteiger partial charge in [-0.15, -0.1) is 0 Å². The van der Waals surface area contributed by atoms with Gasteiger partial charge in [0.1, 0.15) is 4.90 Å². The van der Waals surface area contributed by atoms with Crippen LogP contribution in [-0.2, 0) is 14.8 Å². The second-order valence-electron chi connectivity index (χ2n) is 6.24. The van der Waals surface area contributed by atoms with Crippen LogP contribution in [0.1, 0.15) is 29.4 Å². The molecule has 1 amide bonds. The second-order valence-corrected chi connectivity index (χ2v) is 8.35. The van der Waals surface area contributed by atoms with Crippen LogP contribution in [0.15, 0.2) is 17.0 Å². The largest absolute Gasteiger partial charge is 0.310 e. The van der Waals surface area contributed by atoms with E-state index < -0.39 is 10.0 Å². The zero-order chi connectivity index (χ0) is 19.6. The molecular formula is C17H23ClN4O3S. The van der Waals surface area contributed by atoms with E-state index in [1.807, 2.05) is 19.9 Å². The van der Waals surface area contributed by atoms with E-state index in [0.29, 0.717) is 22.1 Å². The highest BCUT2D eigenvalue weighted by molar-refractivity contribution is 7.89. The van der Waals surface area contributed by atoms with Gasteiger partial charge in [-0.25, -0.2) is 13.1 Å². The maximum atomic E-state index is 12.5. The number of amides is 1. The summed E-state index contributed by atoms with van der Waals surface area (Å²) >= 11 is 6.32. The monoisotopic (exact) mass is 398 g/mol. The van der Waals surface area contributed by atoms with Crippen LogP contribution in [-0.4, -0.2) is 37.6 Å². The van der Waals surface area contributed by atoms with Crippen LogP contribution in [0.2, 0.25) is 5.02 Å². The molecule has 7 nitrogen and oxygen atoms in total. The number of halogens is 1. The van der Waals surface area contributed by atoms with E-state index in [1.54, 1.807) is 19.9 Å². The number of aryl methyl sites for hydroxylation is 4. The lowest BCUT2D eigenvalue weighted by molar-refractivity contribution is -0.116. The van der Waals surface area contributed by atoms with Gasteiger partial charge in [-0.3, -0.25) is 9.89 Å². The van der Waals surface area contributed by atoms with Crippen molar-refractivity contribution in [2.24, 2.45) is 0 Å². The second kappa shape index (κ2) is 7.77. The first-order chi connectivity index (χ1) is 12.0. The van der Waals surface area contributed by atoms with Crippen LogP contribution in [0.5, 0.6) is 0 Å². The van der Waals surface area contributed by atoms with Crippen LogP contribution < -0.4 is 9.62 Å². The number of anilines is 1. The summed E-state index contributed by atoms with van der Waals surface area (Å²) in [7, 11) is -3.72. The topological polar surface area (TPSA) is 95.2 Å². The molecule has 2 rings (SSSR count). The predicted octanol–water partition coefficient (Wildman–Crippen LogP) is 2.63. The van der Waals surface area contributed by atoms with Crippen molar-refractivity contribution in [3.05, 3.63) is 39.7 Å². The summed E-state index contributed by atoms with van der Waals surface area (Å²) in [6.07, 6.45) is 0. The number of nitrogens with one attached hydrogen (secondary N) is 2. The molecule has 2 aromatic rings. The number of carbonyl (C=O) groups excluding carboxylic acids is 1. The van der Waals surface area contributed by atoms with Gasteiger partial charge < -0.3 is 4.90 Å². The minimum atomic E-state index is -3.72. The first-order valence-electron chi connectivity index (χ1n) is 8.10. The van der Waals surface area contributed by atoms with Gasteiger partial charge in [0, 0.05) is 20.0 Å². The number of aromatic nitrogens is 2. The van der Waals surface area contributed by atoms with Gasteiger partial charge in [-0.2, -0.15) is 5.10 Å². The summed E-state index contributed by atoms with van der Waals surface area (Å²) in [4.78, 5) is 13.7. The predicted molar refractivity (Wildman–Crippen MR) is 102 cm³/mol. The number of hydrogen-bond acceptors (Lipinski definition) is 4. The van der Waals surface area contributed by atoms with Crippen LogP contribution in [0.25, 0.3) is 0 Å². The minimum Gasteiger partial charge on any atom is -0.310 e. The van der Waals surface area contributed by atoms with E-state index in [0.717, 1.165) is 11.1 Å². The lowest BCUT2D eigenvalue weighted by atomic mass is 10.1. The number of benzene rings is 1. The summed E-state index contributed by atoms with van der Waals surface area (Å²) in [6, 6.07) is 3.71. The van der Waals surface area contributed by atoms with Gasteiger partial charge in [0.15, 0.2) is 0 Å². The molecule has 1 aromatic heterocycles. The number of carbonyl (C=O) groups is 1. The Morgan fingerprint density at radius 1 is 1.27 bits per heavy atom. The quantitative estimate of drug-likeness (QED) is 0.781. The van der Waals surface area contributed by atoms with Gasteiger partial charge >= 0.3 is 0 Å². The van der Waals surface area contributed by atoms with E-state index in [-0.39, 0.29) is 23.9 Å². The van der Waals surface area contributed by atoms with Crippen molar-refractivity contribution in [2.75, 3.05) is 18.0 Å². The molecule has 142 valence electrons. The van der Waals surface area contributed by atoms with Gasteiger partial charge in [0.25, 0.3) is 0 Å². The number of hydrogen-bond donors (Lipinski definition) is 2. The number of nitrogens with zero attached hydrogens (tertiary/aromatic N) is 2. The van der Waals surface area contributed by atoms with Crippen molar-refractivity contribution < 1.29 is 13.2 Å². The fourth-order valence-electron chi connectivity index (χ4n) is 2.98. The van der Waals surface area contributed by atoms with Gasteiger partial charge in [-0.05, 0) is 44.9 Å². The summed E-state index contributed by atoms with van der Waals surface area (Å²) in [6.45, 7) is 8.69. The molecule has 0 unspecified atom stereocenters. The highest BCUT2D eigenvalue weighted by atomic mass is 35.5. The van der Waals surface area contributed by atoms with Crippen molar-refractivity contribution in [1.29, 1.82) is 0 Å². The molecule has 0 bridgehead atoms. The van der Waals surface area contributed by atoms with Gasteiger partial charge in [0.2, 0.25) is 15.9 Å². The zero-order valence-electron chi connectivity index (χ0n) is 15.5. The molecular weight excluding hydrogens is 376 g/mol. The molecule has 1 heterocycles. The van der Waals surface area contributed by atoms with Crippen molar-refractivity contribution in [1.82, 2.24) is 14.9 Å². The Bertz CT molecular complexity index is 895. The van der Waals surface area contributed by atoms with Crippen molar-refractivity contribution in [3.63, 3.8) is 0 Å². The maximum Gasteiger partial charge on any atom is 0.244 e. The fourth-order valence-corrected chi connectivity index (χ4v) is 4.79. The standard InChI is InChI=1S/C17H23ClN4O3S/c1-10-8-11(2)16(15(18)9-10)22(14(5)23)7-6-19-26(24,25)17-12(3)20-21-13(17)4/h8-9,19H,6-7H2,1-5H3,(H,20,21). The molecule has 0 spiro atoms. The molecule has 0 radical (unpaired) electrons. The SMILES string of the molecule is CC(=O)N(CCNS(=O)(=O)c1c(C)n[nH]c1C)c1c(C)cc(C)cc1Cl. The normalized spacial score (nSPS) is 11.6. The Balaban J connectivity index is 2.20. The molecule has 0 aliphatic rings. The summed E-state index contributed by atoms with van der Waals surface area (Å²) in [5.41, 5.74) is 3.31. The first kappa shape index (κ1) is 20.4. The van der Waals surface area contributed by atoms with Gasteiger partial charge in [-0.1, -0.05) is 17.7 Å². The van der Waals surface area contributed by atoms with Crippen LogP contribution in [0, 0.1) is 27.7 Å².